The Morgan fingerprint density at radius 2 is 1.88 bits per heavy atom. The van der Waals surface area contributed by atoms with Crippen LogP contribution in [0.4, 0.5) is 0 Å². The molecule has 1 unspecified atom stereocenters. The van der Waals surface area contributed by atoms with E-state index in [1.54, 1.807) is 22.9 Å². The van der Waals surface area contributed by atoms with E-state index in [9.17, 15) is 9.59 Å². The highest BCUT2D eigenvalue weighted by Gasteiger charge is 2.13. The van der Waals surface area contributed by atoms with Gasteiger partial charge in [0, 0.05) is 5.39 Å². The molecule has 1 aromatic heterocycles. The van der Waals surface area contributed by atoms with Crippen molar-refractivity contribution in [2.45, 2.75) is 26.4 Å². The molecule has 0 saturated heterocycles. The Labute approximate surface area is 139 Å². The molecule has 0 bridgehead atoms. The summed E-state index contributed by atoms with van der Waals surface area (Å²) in [6.07, 6.45) is 1.25. The van der Waals surface area contributed by atoms with Crippen molar-refractivity contribution in [3.63, 3.8) is 0 Å². The summed E-state index contributed by atoms with van der Waals surface area (Å²) in [5.41, 5.74) is 2.74. The average molecular weight is 321 g/mol. The zero-order valence-corrected chi connectivity index (χ0v) is 13.7. The molecule has 0 aliphatic heterocycles. The predicted octanol–water partition coefficient (Wildman–Crippen LogP) is 2.58. The van der Waals surface area contributed by atoms with Crippen LogP contribution in [0.2, 0.25) is 0 Å². The number of aromatic nitrogens is 2. The number of hydrogen-bond donors (Lipinski definition) is 1. The Bertz CT molecular complexity index is 946. The van der Waals surface area contributed by atoms with Crippen LogP contribution in [-0.2, 0) is 11.3 Å². The molecular weight excluding hydrogens is 302 g/mol. The normalized spacial score (nSPS) is 12.1. The molecule has 1 amide bonds. The fourth-order valence-electron chi connectivity index (χ4n) is 2.86. The third-order valence-corrected chi connectivity index (χ3v) is 4.09. The van der Waals surface area contributed by atoms with Gasteiger partial charge in [-0.3, -0.25) is 14.3 Å². The maximum Gasteiger partial charge on any atom is 0.242 e. The van der Waals surface area contributed by atoms with Gasteiger partial charge < -0.3 is 5.32 Å². The van der Waals surface area contributed by atoms with Crippen LogP contribution in [-0.4, -0.2) is 15.7 Å². The Hall–Kier alpha value is -2.95. The molecular formula is C19H19N3O2. The number of carbonyl (C=O) groups is 1. The SMILES string of the molecule is Cc1ccccc1C(C)NC(=O)Cn1ncc(=O)c2ccccc21. The summed E-state index contributed by atoms with van der Waals surface area (Å²) in [6, 6.07) is 15.0. The highest BCUT2D eigenvalue weighted by atomic mass is 16.2. The molecule has 2 aromatic carbocycles. The number of rotatable bonds is 4. The fourth-order valence-corrected chi connectivity index (χ4v) is 2.86. The molecule has 1 N–H and O–H groups in total. The molecule has 5 nitrogen and oxygen atoms in total. The second-order valence-electron chi connectivity index (χ2n) is 5.83. The quantitative estimate of drug-likeness (QED) is 0.803. The van der Waals surface area contributed by atoms with Crippen LogP contribution >= 0.6 is 0 Å². The van der Waals surface area contributed by atoms with Crippen molar-refractivity contribution in [3.05, 3.63) is 76.1 Å². The summed E-state index contributed by atoms with van der Waals surface area (Å²) in [7, 11) is 0. The van der Waals surface area contributed by atoms with Gasteiger partial charge in [-0.1, -0.05) is 36.4 Å². The first-order chi connectivity index (χ1) is 11.6. The third-order valence-electron chi connectivity index (χ3n) is 4.09. The van der Waals surface area contributed by atoms with Gasteiger partial charge in [-0.25, -0.2) is 0 Å². The molecule has 1 atom stereocenters. The Morgan fingerprint density at radius 1 is 1.17 bits per heavy atom. The predicted molar refractivity (Wildman–Crippen MR) is 93.7 cm³/mol. The largest absolute Gasteiger partial charge is 0.348 e. The van der Waals surface area contributed by atoms with E-state index in [1.807, 2.05) is 44.2 Å². The second kappa shape index (κ2) is 6.66. The second-order valence-corrected chi connectivity index (χ2v) is 5.83. The lowest BCUT2D eigenvalue weighted by molar-refractivity contribution is -0.122. The fraction of sp³-hybridized carbons (Fsp3) is 0.211. The van der Waals surface area contributed by atoms with Crippen molar-refractivity contribution in [2.75, 3.05) is 0 Å². The van der Waals surface area contributed by atoms with E-state index in [-0.39, 0.29) is 23.9 Å². The highest BCUT2D eigenvalue weighted by molar-refractivity contribution is 5.81. The maximum atomic E-state index is 12.4. The third kappa shape index (κ3) is 3.20. The average Bonchev–Trinajstić information content (AvgIpc) is 2.58. The van der Waals surface area contributed by atoms with Crippen molar-refractivity contribution >= 4 is 16.8 Å². The maximum absolute atomic E-state index is 12.4. The summed E-state index contributed by atoms with van der Waals surface area (Å²) in [5, 5.41) is 7.64. The first-order valence-corrected chi connectivity index (χ1v) is 7.86. The monoisotopic (exact) mass is 321 g/mol. The lowest BCUT2D eigenvalue weighted by Crippen LogP contribution is -2.31. The number of benzene rings is 2. The summed E-state index contributed by atoms with van der Waals surface area (Å²) < 4.78 is 1.55. The first-order valence-electron chi connectivity index (χ1n) is 7.86. The minimum absolute atomic E-state index is 0.0665. The topological polar surface area (TPSA) is 64.0 Å². The van der Waals surface area contributed by atoms with Gasteiger partial charge in [-0.15, -0.1) is 0 Å². The lowest BCUT2D eigenvalue weighted by atomic mass is 10.0. The molecule has 1 heterocycles. The van der Waals surface area contributed by atoms with Gasteiger partial charge >= 0.3 is 0 Å². The van der Waals surface area contributed by atoms with Crippen LogP contribution < -0.4 is 10.7 Å². The number of nitrogens with zero attached hydrogens (tertiary/aromatic N) is 2. The van der Waals surface area contributed by atoms with Gasteiger partial charge in [0.25, 0.3) is 0 Å². The van der Waals surface area contributed by atoms with Crippen LogP contribution in [0, 0.1) is 6.92 Å². The Kier molecular flexibility index (Phi) is 4.42. The first kappa shape index (κ1) is 15.9. The van der Waals surface area contributed by atoms with Crippen molar-refractivity contribution in [1.29, 1.82) is 0 Å². The molecule has 5 heteroatoms. The summed E-state index contributed by atoms with van der Waals surface area (Å²) in [5.74, 6) is -0.146. The van der Waals surface area contributed by atoms with E-state index >= 15 is 0 Å². The molecule has 122 valence electrons. The van der Waals surface area contributed by atoms with Gasteiger partial charge in [-0.05, 0) is 37.1 Å². The van der Waals surface area contributed by atoms with Gasteiger partial charge in [0.2, 0.25) is 11.3 Å². The number of aryl methyl sites for hydroxylation is 1. The molecule has 3 rings (SSSR count). The van der Waals surface area contributed by atoms with Crippen LogP contribution in [0.25, 0.3) is 10.9 Å². The van der Waals surface area contributed by atoms with Crippen LogP contribution in [0.15, 0.2) is 59.5 Å². The Balaban J connectivity index is 1.80. The molecule has 0 spiro atoms. The number of fused-ring (bicyclic) bond motifs is 1. The van der Waals surface area contributed by atoms with E-state index in [1.165, 1.54) is 6.20 Å². The van der Waals surface area contributed by atoms with Gasteiger partial charge in [0.15, 0.2) is 0 Å². The molecule has 24 heavy (non-hydrogen) atoms. The number of hydrogen-bond acceptors (Lipinski definition) is 3. The number of amides is 1. The van der Waals surface area contributed by atoms with Gasteiger partial charge in [-0.2, -0.15) is 5.10 Å². The zero-order chi connectivity index (χ0) is 17.1. The van der Waals surface area contributed by atoms with E-state index < -0.39 is 0 Å². The molecule has 0 radical (unpaired) electrons. The van der Waals surface area contributed by atoms with Crippen molar-refractivity contribution < 1.29 is 4.79 Å². The lowest BCUT2D eigenvalue weighted by Gasteiger charge is -2.17. The standard InChI is InChI=1S/C19H19N3O2/c1-13-7-3-4-8-15(13)14(2)21-19(24)12-22-17-10-6-5-9-16(17)18(23)11-20-22/h3-11,14H,12H2,1-2H3,(H,21,24). The molecule has 0 aliphatic rings. The number of carbonyl (C=O) groups excluding carboxylic acids is 1. The Morgan fingerprint density at radius 3 is 2.67 bits per heavy atom. The molecule has 0 aliphatic carbocycles. The van der Waals surface area contributed by atoms with Crippen LogP contribution in [0.5, 0.6) is 0 Å². The van der Waals surface area contributed by atoms with Gasteiger partial charge in [0.05, 0.1) is 17.8 Å². The minimum Gasteiger partial charge on any atom is -0.348 e. The van der Waals surface area contributed by atoms with Crippen molar-refractivity contribution in [3.8, 4) is 0 Å². The van der Waals surface area contributed by atoms with E-state index in [0.29, 0.717) is 10.9 Å². The van der Waals surface area contributed by atoms with Crippen LogP contribution in [0.1, 0.15) is 24.1 Å². The highest BCUT2D eigenvalue weighted by Crippen LogP contribution is 2.16. The minimum atomic E-state index is -0.146. The van der Waals surface area contributed by atoms with Crippen molar-refractivity contribution in [2.24, 2.45) is 0 Å². The molecule has 0 fully saturated rings. The summed E-state index contributed by atoms with van der Waals surface area (Å²) >= 11 is 0. The van der Waals surface area contributed by atoms with Crippen molar-refractivity contribution in [1.82, 2.24) is 15.1 Å². The van der Waals surface area contributed by atoms with Gasteiger partial charge in [0.1, 0.15) is 6.54 Å². The van der Waals surface area contributed by atoms with Crippen LogP contribution in [0.3, 0.4) is 0 Å². The molecule has 0 saturated carbocycles. The summed E-state index contributed by atoms with van der Waals surface area (Å²) in [4.78, 5) is 24.2. The van der Waals surface area contributed by atoms with E-state index in [2.05, 4.69) is 10.4 Å². The number of nitrogens with one attached hydrogen (secondary N) is 1. The van der Waals surface area contributed by atoms with E-state index in [4.69, 9.17) is 0 Å². The van der Waals surface area contributed by atoms with E-state index in [0.717, 1.165) is 11.1 Å². The molecule has 3 aromatic rings. The zero-order valence-electron chi connectivity index (χ0n) is 13.7. The summed E-state index contributed by atoms with van der Waals surface area (Å²) in [6.45, 7) is 4.04. The number of para-hydroxylation sites is 1. The smallest absolute Gasteiger partial charge is 0.242 e.